The molecule has 12 heteroatoms. The van der Waals surface area contributed by atoms with E-state index in [4.69, 9.17) is 9.47 Å². The van der Waals surface area contributed by atoms with E-state index in [1.807, 2.05) is 72.8 Å². The molecule has 0 spiro atoms. The molecule has 9 nitrogen and oxygen atoms in total. The molecule has 49 heavy (non-hydrogen) atoms. The second-order valence-electron chi connectivity index (χ2n) is 13.2. The van der Waals surface area contributed by atoms with Gasteiger partial charge in [-0.2, -0.15) is 13.2 Å². The van der Waals surface area contributed by atoms with E-state index in [-0.39, 0.29) is 50.3 Å². The van der Waals surface area contributed by atoms with Crippen molar-refractivity contribution in [3.05, 3.63) is 95.1 Å². The van der Waals surface area contributed by atoms with Crippen LogP contribution < -0.4 is 5.32 Å². The highest BCUT2D eigenvalue weighted by Crippen LogP contribution is 2.42. The van der Waals surface area contributed by atoms with E-state index in [1.54, 1.807) is 0 Å². The first kappa shape index (κ1) is 35.0. The average Bonchev–Trinajstić information content (AvgIpc) is 3.76. The maximum atomic E-state index is 13.0. The number of nitrogens with one attached hydrogen (secondary N) is 1. The number of benzene rings is 3. The summed E-state index contributed by atoms with van der Waals surface area (Å²) >= 11 is 0. The van der Waals surface area contributed by atoms with Crippen LogP contribution in [-0.4, -0.2) is 82.4 Å². The minimum absolute atomic E-state index is 0.0262. The number of hydrogen-bond donors (Lipinski definition) is 3. The number of alkyl halides is 3. The summed E-state index contributed by atoms with van der Waals surface area (Å²) in [5.74, 6) is -2.56. The van der Waals surface area contributed by atoms with Crippen LogP contribution in [0.1, 0.15) is 60.8 Å². The molecule has 6 unspecified atom stereocenters. The number of carbonyl (C=O) groups is 2. The summed E-state index contributed by atoms with van der Waals surface area (Å²) in [5, 5.41) is 22.3. The van der Waals surface area contributed by atoms with Gasteiger partial charge in [0.15, 0.2) is 6.29 Å². The SMILES string of the molecule is CC1C(CN2CCC(O)C2)OC(c2ccc(-c3cccc(CNC(=O)C4CCCN4C(=O)C(F)(F)F)c3)cc2)OC1c1ccc(CO)cc1. The Hall–Kier alpha value is -3.81. The van der Waals surface area contributed by atoms with Gasteiger partial charge in [0.2, 0.25) is 5.91 Å². The third-order valence-corrected chi connectivity index (χ3v) is 9.78. The maximum Gasteiger partial charge on any atom is 0.471 e. The molecule has 6 rings (SSSR count). The van der Waals surface area contributed by atoms with Gasteiger partial charge in [0.1, 0.15) is 6.04 Å². The molecule has 0 bridgehead atoms. The van der Waals surface area contributed by atoms with Crippen LogP contribution in [0.25, 0.3) is 11.1 Å². The van der Waals surface area contributed by atoms with Crippen LogP contribution in [0, 0.1) is 5.92 Å². The molecule has 3 aliphatic rings. The second-order valence-corrected chi connectivity index (χ2v) is 13.2. The minimum Gasteiger partial charge on any atom is -0.392 e. The Bertz CT molecular complexity index is 1600. The number of aliphatic hydroxyl groups is 2. The standard InChI is InChI=1S/C37H42F3N3O6/c1-23-32(21-42-17-15-30(45)20-42)48-35(49-33(23)27-9-7-24(22-44)8-10-27)28-13-11-26(12-14-28)29-5-2-4-25(18-29)19-41-34(46)31-6-3-16-43(31)36(47)37(38,39)40/h2,4-5,7-14,18,23,30-33,35,44-45H,3,6,15-17,19-22H2,1H3,(H,41,46). The van der Waals surface area contributed by atoms with E-state index in [0.717, 1.165) is 46.3 Å². The number of aliphatic hydroxyl groups excluding tert-OH is 2. The zero-order valence-electron chi connectivity index (χ0n) is 27.3. The summed E-state index contributed by atoms with van der Waals surface area (Å²) in [6, 6.07) is 22.0. The van der Waals surface area contributed by atoms with Crippen molar-refractivity contribution in [1.29, 1.82) is 0 Å². The van der Waals surface area contributed by atoms with Gasteiger partial charge in [0.05, 0.1) is 24.9 Å². The van der Waals surface area contributed by atoms with Gasteiger partial charge in [-0.1, -0.05) is 73.7 Å². The Morgan fingerprint density at radius 1 is 0.918 bits per heavy atom. The number of likely N-dealkylation sites (tertiary alicyclic amines) is 2. The highest BCUT2D eigenvalue weighted by Gasteiger charge is 2.47. The predicted molar refractivity (Wildman–Crippen MR) is 175 cm³/mol. The Labute approximate surface area is 283 Å². The number of β-amino-alcohol motifs (C(OH)–C–C–N with tert-alkyl or cyclic N) is 1. The molecule has 262 valence electrons. The van der Waals surface area contributed by atoms with Gasteiger partial charge in [-0.15, -0.1) is 0 Å². The largest absolute Gasteiger partial charge is 0.471 e. The third-order valence-electron chi connectivity index (χ3n) is 9.78. The quantitative estimate of drug-likeness (QED) is 0.296. The van der Waals surface area contributed by atoms with E-state index in [9.17, 15) is 33.0 Å². The summed E-state index contributed by atoms with van der Waals surface area (Å²) in [6.07, 6.45) is -5.12. The van der Waals surface area contributed by atoms with Crippen molar-refractivity contribution in [2.75, 3.05) is 26.2 Å². The molecule has 3 aromatic carbocycles. The predicted octanol–water partition coefficient (Wildman–Crippen LogP) is 4.87. The van der Waals surface area contributed by atoms with Crippen molar-refractivity contribution >= 4 is 11.8 Å². The van der Waals surface area contributed by atoms with E-state index in [1.165, 1.54) is 0 Å². The molecular formula is C37H42F3N3O6. The molecule has 3 heterocycles. The lowest BCUT2D eigenvalue weighted by molar-refractivity contribution is -0.276. The number of ether oxygens (including phenoxy) is 2. The van der Waals surface area contributed by atoms with Gasteiger partial charge in [0, 0.05) is 44.2 Å². The van der Waals surface area contributed by atoms with Crippen molar-refractivity contribution in [3.8, 4) is 11.1 Å². The molecule has 3 aromatic rings. The topological polar surface area (TPSA) is 112 Å². The molecule has 0 saturated carbocycles. The van der Waals surface area contributed by atoms with Gasteiger partial charge >= 0.3 is 12.1 Å². The fourth-order valence-electron chi connectivity index (χ4n) is 7.01. The van der Waals surface area contributed by atoms with Crippen molar-refractivity contribution in [1.82, 2.24) is 15.1 Å². The van der Waals surface area contributed by atoms with Crippen LogP contribution in [0.4, 0.5) is 13.2 Å². The molecule has 6 atom stereocenters. The van der Waals surface area contributed by atoms with Crippen molar-refractivity contribution < 1.29 is 42.4 Å². The number of halogens is 3. The van der Waals surface area contributed by atoms with E-state index < -0.39 is 30.3 Å². The van der Waals surface area contributed by atoms with Crippen LogP contribution in [0.3, 0.4) is 0 Å². The lowest BCUT2D eigenvalue weighted by atomic mass is 9.90. The summed E-state index contributed by atoms with van der Waals surface area (Å²) < 4.78 is 52.2. The smallest absolute Gasteiger partial charge is 0.392 e. The maximum absolute atomic E-state index is 13.0. The van der Waals surface area contributed by atoms with Crippen molar-refractivity contribution in [3.63, 3.8) is 0 Å². The summed E-state index contributed by atoms with van der Waals surface area (Å²) in [5.41, 5.74) is 5.23. The van der Waals surface area contributed by atoms with Gasteiger partial charge in [-0.25, -0.2) is 0 Å². The van der Waals surface area contributed by atoms with E-state index in [0.29, 0.717) is 24.4 Å². The Kier molecular flexibility index (Phi) is 10.7. The minimum atomic E-state index is -5.02. The fraction of sp³-hybridized carbons (Fsp3) is 0.459. The first-order valence-electron chi connectivity index (χ1n) is 16.8. The van der Waals surface area contributed by atoms with E-state index in [2.05, 4.69) is 17.1 Å². The van der Waals surface area contributed by atoms with Crippen molar-refractivity contribution in [2.24, 2.45) is 5.92 Å². The zero-order valence-corrected chi connectivity index (χ0v) is 27.3. The average molecular weight is 682 g/mol. The van der Waals surface area contributed by atoms with Crippen LogP contribution >= 0.6 is 0 Å². The van der Waals surface area contributed by atoms with Crippen LogP contribution in [0.5, 0.6) is 0 Å². The number of amides is 2. The monoisotopic (exact) mass is 681 g/mol. The first-order valence-corrected chi connectivity index (χ1v) is 16.8. The van der Waals surface area contributed by atoms with Gasteiger partial charge in [-0.3, -0.25) is 14.5 Å². The Morgan fingerprint density at radius 2 is 1.65 bits per heavy atom. The molecule has 0 aliphatic carbocycles. The van der Waals surface area contributed by atoms with Crippen LogP contribution in [-0.2, 0) is 32.2 Å². The first-order chi connectivity index (χ1) is 23.5. The molecule has 3 fully saturated rings. The Morgan fingerprint density at radius 3 is 2.33 bits per heavy atom. The van der Waals surface area contributed by atoms with Crippen molar-refractivity contribution in [2.45, 2.75) is 76.2 Å². The molecule has 0 radical (unpaired) electrons. The number of nitrogens with zero attached hydrogens (tertiary/aromatic N) is 2. The number of hydrogen-bond acceptors (Lipinski definition) is 7. The van der Waals surface area contributed by atoms with Gasteiger partial charge in [-0.05, 0) is 53.1 Å². The Balaban J connectivity index is 1.14. The highest BCUT2D eigenvalue weighted by molar-refractivity contribution is 5.90. The molecule has 2 amide bonds. The molecule has 3 saturated heterocycles. The molecule has 0 aromatic heterocycles. The summed E-state index contributed by atoms with van der Waals surface area (Å²) in [4.78, 5) is 27.4. The number of rotatable bonds is 9. The normalized spacial score (nSPS) is 26.2. The molecule has 3 N–H and O–H groups in total. The van der Waals surface area contributed by atoms with Crippen LogP contribution in [0.15, 0.2) is 72.8 Å². The number of carbonyl (C=O) groups excluding carboxylic acids is 2. The summed E-state index contributed by atoms with van der Waals surface area (Å²) in [7, 11) is 0. The summed E-state index contributed by atoms with van der Waals surface area (Å²) in [6.45, 7) is 4.17. The lowest BCUT2D eigenvalue weighted by Crippen LogP contribution is -2.50. The third kappa shape index (κ3) is 8.16. The lowest BCUT2D eigenvalue weighted by Gasteiger charge is -2.42. The second kappa shape index (κ2) is 15.0. The fourth-order valence-corrected chi connectivity index (χ4v) is 7.01. The zero-order chi connectivity index (χ0) is 34.7. The van der Waals surface area contributed by atoms with Crippen LogP contribution in [0.2, 0.25) is 0 Å². The van der Waals surface area contributed by atoms with E-state index >= 15 is 0 Å². The van der Waals surface area contributed by atoms with Gasteiger partial charge < -0.3 is 29.9 Å². The molecular weight excluding hydrogens is 639 g/mol. The highest BCUT2D eigenvalue weighted by atomic mass is 19.4. The van der Waals surface area contributed by atoms with Gasteiger partial charge in [0.25, 0.3) is 0 Å². The molecule has 3 aliphatic heterocycles.